The highest BCUT2D eigenvalue weighted by atomic mass is 16.3. The molecule has 1 aliphatic rings. The average molecular weight is 504 g/mol. The quantitative estimate of drug-likeness (QED) is 0.304. The molecule has 0 saturated heterocycles. The molecule has 3 aromatic rings. The van der Waals surface area contributed by atoms with Crippen LogP contribution in [0.5, 0.6) is 0 Å². The van der Waals surface area contributed by atoms with Gasteiger partial charge in [-0.3, -0.25) is 4.99 Å². The summed E-state index contributed by atoms with van der Waals surface area (Å²) in [4.78, 5) is 9.03. The van der Waals surface area contributed by atoms with Gasteiger partial charge in [-0.15, -0.1) is 0 Å². The van der Waals surface area contributed by atoms with Crippen LogP contribution in [0, 0.1) is 24.2 Å². The number of allylic oxidation sites excluding steroid dienone is 5. The zero-order valence-electron chi connectivity index (χ0n) is 22.3. The van der Waals surface area contributed by atoms with Crippen molar-refractivity contribution in [3.05, 3.63) is 118 Å². The minimum Gasteiger partial charge on any atom is -0.392 e. The third kappa shape index (κ3) is 5.43. The lowest BCUT2D eigenvalue weighted by atomic mass is 9.79. The van der Waals surface area contributed by atoms with Crippen LogP contribution in [0.4, 0.5) is 0 Å². The largest absolute Gasteiger partial charge is 0.392 e. The van der Waals surface area contributed by atoms with E-state index in [1.54, 1.807) is 24.4 Å². The first kappa shape index (κ1) is 26.9. The standard InChI is InChI=1S/C33H33N3O2/c1-22(2)20-35-21-24(4)33(38)27-12-9-23(3)26(16-27)11-10-25(8-6-5-7-15-37)30-18-29(19-34)36-32-14-13-28(33)17-31(30)32/h5-10,12-14,16-18,20-22,37-38H,11,15H2,1-4H3/b7-5?,8-6-,24-21+,25-10+,35-20?. The van der Waals surface area contributed by atoms with Crippen molar-refractivity contribution < 1.29 is 10.2 Å². The molecule has 0 saturated carbocycles. The maximum atomic E-state index is 12.5. The second-order valence-corrected chi connectivity index (χ2v) is 9.94. The minimum absolute atomic E-state index is 0.0395. The number of aliphatic imine (C=N–C) groups is 1. The van der Waals surface area contributed by atoms with Crippen molar-refractivity contribution in [1.29, 1.82) is 5.26 Å². The monoisotopic (exact) mass is 503 g/mol. The number of rotatable bonds is 6. The molecular weight excluding hydrogens is 470 g/mol. The van der Waals surface area contributed by atoms with Crippen LogP contribution in [-0.2, 0) is 12.0 Å². The Morgan fingerprint density at radius 1 is 1.16 bits per heavy atom. The normalized spacial score (nSPS) is 19.4. The summed E-state index contributed by atoms with van der Waals surface area (Å²) in [6.45, 7) is 8.06. The average Bonchev–Trinajstić information content (AvgIpc) is 2.92. The van der Waals surface area contributed by atoms with Gasteiger partial charge in [-0.25, -0.2) is 4.98 Å². The van der Waals surface area contributed by atoms with E-state index in [2.05, 4.69) is 49.0 Å². The van der Waals surface area contributed by atoms with Crippen molar-refractivity contribution in [2.45, 2.75) is 39.7 Å². The SMILES string of the molecule is C/C(=C\N=CC(C)C)C1(O)c2ccc(C)c(c2)C/C=C(\C=C/C=CCO)c2cc(C#N)nc3ccc1cc23. The first-order chi connectivity index (χ1) is 18.3. The van der Waals surface area contributed by atoms with Gasteiger partial charge in [-0.2, -0.15) is 5.26 Å². The number of aromatic nitrogens is 1. The Morgan fingerprint density at radius 2 is 1.92 bits per heavy atom. The molecule has 1 unspecified atom stereocenters. The van der Waals surface area contributed by atoms with Crippen molar-refractivity contribution in [1.82, 2.24) is 4.98 Å². The maximum Gasteiger partial charge on any atom is 0.141 e. The molecule has 192 valence electrons. The van der Waals surface area contributed by atoms with Crippen LogP contribution >= 0.6 is 0 Å². The molecule has 0 aliphatic heterocycles. The summed E-state index contributed by atoms with van der Waals surface area (Å²) in [6.07, 6.45) is 13.7. The zero-order chi connectivity index (χ0) is 27.3. The van der Waals surface area contributed by atoms with Crippen LogP contribution < -0.4 is 0 Å². The van der Waals surface area contributed by atoms with Crippen molar-refractivity contribution in [3.8, 4) is 6.07 Å². The van der Waals surface area contributed by atoms with Crippen molar-refractivity contribution in [3.63, 3.8) is 0 Å². The predicted octanol–water partition coefficient (Wildman–Crippen LogP) is 6.33. The molecule has 4 rings (SSSR count). The minimum atomic E-state index is -1.42. The number of hydrogen-bond acceptors (Lipinski definition) is 5. The van der Waals surface area contributed by atoms with Crippen molar-refractivity contribution in [2.24, 2.45) is 10.9 Å². The number of aliphatic hydroxyl groups excluding tert-OH is 1. The molecule has 0 spiro atoms. The lowest BCUT2D eigenvalue weighted by molar-refractivity contribution is 0.121. The smallest absolute Gasteiger partial charge is 0.141 e. The second-order valence-electron chi connectivity index (χ2n) is 9.94. The lowest BCUT2D eigenvalue weighted by Gasteiger charge is -2.31. The Balaban J connectivity index is 2.07. The lowest BCUT2D eigenvalue weighted by Crippen LogP contribution is -2.29. The summed E-state index contributed by atoms with van der Waals surface area (Å²) in [7, 11) is 0. The number of fused-ring (bicyclic) bond motifs is 3. The van der Waals surface area contributed by atoms with E-state index >= 15 is 0 Å². The molecule has 5 heteroatoms. The van der Waals surface area contributed by atoms with E-state index in [0.717, 1.165) is 33.2 Å². The van der Waals surface area contributed by atoms with Gasteiger partial charge in [-0.1, -0.05) is 68.5 Å². The highest BCUT2D eigenvalue weighted by molar-refractivity contribution is 5.95. The van der Waals surface area contributed by atoms with Crippen LogP contribution in [0.3, 0.4) is 0 Å². The fraction of sp³-hybridized carbons (Fsp3) is 0.242. The number of benzene rings is 2. The molecule has 1 atom stereocenters. The molecular formula is C33H33N3O2. The highest BCUT2D eigenvalue weighted by Gasteiger charge is 2.35. The summed E-state index contributed by atoms with van der Waals surface area (Å²) in [6, 6.07) is 15.8. The highest BCUT2D eigenvalue weighted by Crippen LogP contribution is 2.40. The van der Waals surface area contributed by atoms with Gasteiger partial charge in [-0.05, 0) is 83.3 Å². The Labute approximate surface area is 224 Å². The summed E-state index contributed by atoms with van der Waals surface area (Å²) >= 11 is 0. The molecule has 5 nitrogen and oxygen atoms in total. The van der Waals surface area contributed by atoms with E-state index < -0.39 is 5.60 Å². The van der Waals surface area contributed by atoms with E-state index in [-0.39, 0.29) is 6.61 Å². The number of aryl methyl sites for hydroxylation is 1. The van der Waals surface area contributed by atoms with Crippen molar-refractivity contribution in [2.75, 3.05) is 6.61 Å². The van der Waals surface area contributed by atoms with E-state index in [0.29, 0.717) is 34.7 Å². The van der Waals surface area contributed by atoms with Gasteiger partial charge >= 0.3 is 0 Å². The van der Waals surface area contributed by atoms with E-state index in [1.807, 2.05) is 55.6 Å². The first-order valence-electron chi connectivity index (χ1n) is 12.8. The van der Waals surface area contributed by atoms with Crippen LogP contribution in [-0.4, -0.2) is 28.0 Å². The molecule has 1 heterocycles. The fourth-order valence-corrected chi connectivity index (χ4v) is 4.69. The molecule has 2 N–H and O–H groups in total. The predicted molar refractivity (Wildman–Crippen MR) is 155 cm³/mol. The van der Waals surface area contributed by atoms with Crippen molar-refractivity contribution >= 4 is 22.7 Å². The van der Waals surface area contributed by atoms with Gasteiger partial charge in [0, 0.05) is 17.8 Å². The van der Waals surface area contributed by atoms with Gasteiger partial charge in [0.1, 0.15) is 17.4 Å². The van der Waals surface area contributed by atoms with E-state index in [1.165, 1.54) is 0 Å². The summed E-state index contributed by atoms with van der Waals surface area (Å²) in [5.41, 5.74) is 5.76. The molecule has 0 amide bonds. The van der Waals surface area contributed by atoms with Crippen LogP contribution in [0.2, 0.25) is 0 Å². The summed E-state index contributed by atoms with van der Waals surface area (Å²) in [5.74, 6) is 0.292. The molecule has 38 heavy (non-hydrogen) atoms. The summed E-state index contributed by atoms with van der Waals surface area (Å²) in [5, 5.41) is 32.1. The van der Waals surface area contributed by atoms with Crippen LogP contribution in [0.15, 0.2) is 89.6 Å². The Kier molecular flexibility index (Phi) is 8.16. The Morgan fingerprint density at radius 3 is 2.66 bits per heavy atom. The topological polar surface area (TPSA) is 89.5 Å². The number of hydrogen-bond donors (Lipinski definition) is 2. The summed E-state index contributed by atoms with van der Waals surface area (Å²) < 4.78 is 0. The molecule has 1 aromatic heterocycles. The molecule has 0 fully saturated rings. The number of nitrogens with zero attached hydrogens (tertiary/aromatic N) is 3. The molecule has 1 aliphatic carbocycles. The molecule has 0 radical (unpaired) electrons. The van der Waals surface area contributed by atoms with Crippen LogP contribution in [0.25, 0.3) is 16.5 Å². The first-order valence-corrected chi connectivity index (χ1v) is 12.8. The van der Waals surface area contributed by atoms with Gasteiger partial charge in [0.2, 0.25) is 0 Å². The van der Waals surface area contributed by atoms with E-state index in [4.69, 9.17) is 5.11 Å². The van der Waals surface area contributed by atoms with Gasteiger partial charge in [0.15, 0.2) is 0 Å². The fourth-order valence-electron chi connectivity index (χ4n) is 4.69. The molecule has 4 bridgehead atoms. The second kappa shape index (κ2) is 11.5. The third-order valence-electron chi connectivity index (χ3n) is 6.81. The third-order valence-corrected chi connectivity index (χ3v) is 6.81. The van der Waals surface area contributed by atoms with Gasteiger partial charge in [0.25, 0.3) is 0 Å². The van der Waals surface area contributed by atoms with Gasteiger partial charge in [0.05, 0.1) is 12.1 Å². The number of pyridine rings is 1. The molecule has 2 aromatic carbocycles. The number of aliphatic hydroxyl groups is 2. The van der Waals surface area contributed by atoms with E-state index in [9.17, 15) is 10.4 Å². The van der Waals surface area contributed by atoms with Gasteiger partial charge < -0.3 is 10.2 Å². The number of nitriles is 1. The Hall–Kier alpha value is -4.11. The van der Waals surface area contributed by atoms with Crippen LogP contribution in [0.1, 0.15) is 54.3 Å². The maximum absolute atomic E-state index is 12.5. The zero-order valence-corrected chi connectivity index (χ0v) is 22.3. The Bertz CT molecular complexity index is 1550.